The average Bonchev–Trinajstić information content (AvgIpc) is 2.74. The number of esters is 1. The number of nitrogens with zero attached hydrogens (tertiary/aromatic N) is 1. The van der Waals surface area contributed by atoms with E-state index >= 15 is 0 Å². The summed E-state index contributed by atoms with van der Waals surface area (Å²) in [6.07, 6.45) is 2.64. The van der Waals surface area contributed by atoms with Crippen LogP contribution >= 0.6 is 0 Å². The quantitative estimate of drug-likeness (QED) is 0.686. The Kier molecular flexibility index (Phi) is 5.08. The fourth-order valence-corrected chi connectivity index (χ4v) is 2.01. The van der Waals surface area contributed by atoms with Crippen molar-refractivity contribution in [2.75, 3.05) is 20.3 Å². The standard InChI is InChI=1S/C11H19NO4/c1-3-16-10(13)7-6-9-5-4-8-12(9)11(14)15-2/h9H,3-8H2,1-2H3. The van der Waals surface area contributed by atoms with Crippen LogP contribution in [0.15, 0.2) is 0 Å². The number of methoxy groups -OCH3 is 1. The molecule has 1 saturated heterocycles. The molecule has 1 atom stereocenters. The molecular formula is C11H19NO4. The summed E-state index contributed by atoms with van der Waals surface area (Å²) in [5.41, 5.74) is 0. The molecule has 1 aliphatic rings. The number of carbonyl (C=O) groups excluding carboxylic acids is 2. The first-order valence-electron chi connectivity index (χ1n) is 5.69. The summed E-state index contributed by atoms with van der Waals surface area (Å²) < 4.78 is 9.54. The maximum absolute atomic E-state index is 11.4. The lowest BCUT2D eigenvalue weighted by atomic mass is 10.1. The fourth-order valence-electron chi connectivity index (χ4n) is 2.01. The van der Waals surface area contributed by atoms with E-state index in [1.54, 1.807) is 11.8 Å². The highest BCUT2D eigenvalue weighted by molar-refractivity contribution is 5.70. The van der Waals surface area contributed by atoms with E-state index in [1.807, 2.05) is 0 Å². The van der Waals surface area contributed by atoms with E-state index in [1.165, 1.54) is 7.11 Å². The molecule has 0 aromatic heterocycles. The first kappa shape index (κ1) is 12.8. The van der Waals surface area contributed by atoms with E-state index in [0.29, 0.717) is 19.4 Å². The lowest BCUT2D eigenvalue weighted by Gasteiger charge is -2.22. The van der Waals surface area contributed by atoms with Crippen molar-refractivity contribution in [1.29, 1.82) is 0 Å². The third kappa shape index (κ3) is 3.40. The molecule has 1 fully saturated rings. The van der Waals surface area contributed by atoms with Crippen molar-refractivity contribution in [3.63, 3.8) is 0 Å². The molecule has 5 heteroatoms. The van der Waals surface area contributed by atoms with Crippen molar-refractivity contribution < 1.29 is 19.1 Å². The summed E-state index contributed by atoms with van der Waals surface area (Å²) in [6.45, 7) is 2.92. The van der Waals surface area contributed by atoms with Crippen molar-refractivity contribution in [1.82, 2.24) is 4.90 Å². The predicted octanol–water partition coefficient (Wildman–Crippen LogP) is 1.56. The van der Waals surface area contributed by atoms with Crippen LogP contribution in [-0.4, -0.2) is 43.3 Å². The van der Waals surface area contributed by atoms with Crippen LogP contribution in [0.4, 0.5) is 4.79 Å². The van der Waals surface area contributed by atoms with Gasteiger partial charge in [-0.3, -0.25) is 4.79 Å². The van der Waals surface area contributed by atoms with Crippen molar-refractivity contribution in [2.45, 2.75) is 38.6 Å². The highest BCUT2D eigenvalue weighted by atomic mass is 16.5. The summed E-state index contributed by atoms with van der Waals surface area (Å²) in [5, 5.41) is 0. The van der Waals surface area contributed by atoms with Crippen LogP contribution in [0.25, 0.3) is 0 Å². The molecule has 0 aromatic carbocycles. The van der Waals surface area contributed by atoms with E-state index in [0.717, 1.165) is 19.4 Å². The zero-order valence-corrected chi connectivity index (χ0v) is 9.90. The molecule has 1 amide bonds. The van der Waals surface area contributed by atoms with E-state index in [-0.39, 0.29) is 18.1 Å². The maximum atomic E-state index is 11.4. The minimum atomic E-state index is -0.300. The maximum Gasteiger partial charge on any atom is 0.409 e. The van der Waals surface area contributed by atoms with Gasteiger partial charge in [0.05, 0.1) is 13.7 Å². The van der Waals surface area contributed by atoms with Crippen molar-refractivity contribution in [3.8, 4) is 0 Å². The molecule has 1 heterocycles. The zero-order chi connectivity index (χ0) is 12.0. The molecule has 0 aliphatic carbocycles. The van der Waals surface area contributed by atoms with Gasteiger partial charge in [-0.15, -0.1) is 0 Å². The molecule has 5 nitrogen and oxygen atoms in total. The van der Waals surface area contributed by atoms with E-state index in [4.69, 9.17) is 4.74 Å². The van der Waals surface area contributed by atoms with Gasteiger partial charge >= 0.3 is 12.1 Å². The molecule has 1 unspecified atom stereocenters. The minimum absolute atomic E-state index is 0.122. The molecule has 1 rings (SSSR count). The molecule has 1 aliphatic heterocycles. The van der Waals surface area contributed by atoms with Crippen LogP contribution in [0.3, 0.4) is 0 Å². The monoisotopic (exact) mass is 229 g/mol. The molecule has 0 bridgehead atoms. The van der Waals surface area contributed by atoms with Crippen LogP contribution < -0.4 is 0 Å². The van der Waals surface area contributed by atoms with Gasteiger partial charge in [0, 0.05) is 19.0 Å². The first-order chi connectivity index (χ1) is 7.69. The Morgan fingerprint density at radius 3 is 2.81 bits per heavy atom. The number of amides is 1. The van der Waals surface area contributed by atoms with Crippen LogP contribution in [0, 0.1) is 0 Å². The SMILES string of the molecule is CCOC(=O)CCC1CCCN1C(=O)OC. The van der Waals surface area contributed by atoms with Gasteiger partial charge in [0.1, 0.15) is 0 Å². The summed E-state index contributed by atoms with van der Waals surface area (Å²) in [5.74, 6) is -0.195. The highest BCUT2D eigenvalue weighted by Gasteiger charge is 2.29. The van der Waals surface area contributed by atoms with E-state index < -0.39 is 0 Å². The van der Waals surface area contributed by atoms with Gasteiger partial charge in [-0.05, 0) is 26.2 Å². The molecule has 0 spiro atoms. The molecular weight excluding hydrogens is 210 g/mol. The van der Waals surface area contributed by atoms with Gasteiger partial charge in [-0.2, -0.15) is 0 Å². The third-order valence-electron chi connectivity index (χ3n) is 2.77. The average molecular weight is 229 g/mol. The predicted molar refractivity (Wildman–Crippen MR) is 58.0 cm³/mol. The Hall–Kier alpha value is -1.26. The molecule has 92 valence electrons. The van der Waals surface area contributed by atoms with Gasteiger partial charge in [-0.1, -0.05) is 0 Å². The van der Waals surface area contributed by atoms with Crippen LogP contribution in [0.5, 0.6) is 0 Å². The van der Waals surface area contributed by atoms with Crippen molar-refractivity contribution in [3.05, 3.63) is 0 Å². The Balaban J connectivity index is 2.35. The van der Waals surface area contributed by atoms with Crippen LogP contribution in [0.1, 0.15) is 32.6 Å². The van der Waals surface area contributed by atoms with E-state index in [2.05, 4.69) is 4.74 Å². The van der Waals surface area contributed by atoms with Gasteiger partial charge < -0.3 is 14.4 Å². The van der Waals surface area contributed by atoms with Gasteiger partial charge in [-0.25, -0.2) is 4.79 Å². The second-order valence-corrected chi connectivity index (χ2v) is 3.80. The van der Waals surface area contributed by atoms with Gasteiger partial charge in [0.15, 0.2) is 0 Å². The lowest BCUT2D eigenvalue weighted by molar-refractivity contribution is -0.143. The number of rotatable bonds is 4. The Labute approximate surface area is 95.7 Å². The zero-order valence-electron chi connectivity index (χ0n) is 9.90. The van der Waals surface area contributed by atoms with Crippen molar-refractivity contribution in [2.24, 2.45) is 0 Å². The number of ether oxygens (including phenoxy) is 2. The number of hydrogen-bond donors (Lipinski definition) is 0. The molecule has 0 radical (unpaired) electrons. The topological polar surface area (TPSA) is 55.8 Å². The second kappa shape index (κ2) is 6.35. The smallest absolute Gasteiger partial charge is 0.409 e. The number of likely N-dealkylation sites (tertiary alicyclic amines) is 1. The summed E-state index contributed by atoms with van der Waals surface area (Å²) in [7, 11) is 1.38. The fraction of sp³-hybridized carbons (Fsp3) is 0.818. The molecule has 0 N–H and O–H groups in total. The van der Waals surface area contributed by atoms with Gasteiger partial charge in [0.2, 0.25) is 0 Å². The molecule has 0 aromatic rings. The third-order valence-corrected chi connectivity index (χ3v) is 2.77. The lowest BCUT2D eigenvalue weighted by Crippen LogP contribution is -2.35. The second-order valence-electron chi connectivity index (χ2n) is 3.80. The Bertz CT molecular complexity index is 254. The van der Waals surface area contributed by atoms with Crippen LogP contribution in [-0.2, 0) is 14.3 Å². The van der Waals surface area contributed by atoms with Gasteiger partial charge in [0.25, 0.3) is 0 Å². The summed E-state index contributed by atoms with van der Waals surface area (Å²) in [6, 6.07) is 0.122. The van der Waals surface area contributed by atoms with E-state index in [9.17, 15) is 9.59 Å². The highest BCUT2D eigenvalue weighted by Crippen LogP contribution is 2.22. The molecule has 16 heavy (non-hydrogen) atoms. The largest absolute Gasteiger partial charge is 0.466 e. The minimum Gasteiger partial charge on any atom is -0.466 e. The molecule has 0 saturated carbocycles. The Morgan fingerprint density at radius 2 is 2.19 bits per heavy atom. The Morgan fingerprint density at radius 1 is 1.44 bits per heavy atom. The first-order valence-corrected chi connectivity index (χ1v) is 5.69. The summed E-state index contributed by atoms with van der Waals surface area (Å²) >= 11 is 0. The normalized spacial score (nSPS) is 19.6. The van der Waals surface area contributed by atoms with Crippen LogP contribution in [0.2, 0.25) is 0 Å². The van der Waals surface area contributed by atoms with Crippen molar-refractivity contribution >= 4 is 12.1 Å². The summed E-state index contributed by atoms with van der Waals surface area (Å²) in [4.78, 5) is 24.3. The number of carbonyl (C=O) groups is 2. The number of hydrogen-bond acceptors (Lipinski definition) is 4.